The van der Waals surface area contributed by atoms with Crippen molar-refractivity contribution >= 4 is 21.6 Å². The van der Waals surface area contributed by atoms with E-state index in [9.17, 15) is 22.0 Å². The van der Waals surface area contributed by atoms with Gasteiger partial charge in [0.1, 0.15) is 17.4 Å². The van der Waals surface area contributed by atoms with Crippen LogP contribution >= 0.6 is 0 Å². The number of rotatable bonds is 6. The number of halogens is 2. The Morgan fingerprint density at radius 2 is 1.85 bits per heavy atom. The summed E-state index contributed by atoms with van der Waals surface area (Å²) in [6.45, 7) is 1.22. The van der Waals surface area contributed by atoms with Crippen LogP contribution in [0.4, 0.5) is 14.5 Å². The molecule has 1 amide bonds. The third kappa shape index (κ3) is 4.55. The zero-order valence-corrected chi connectivity index (χ0v) is 15.2. The van der Waals surface area contributed by atoms with Crippen molar-refractivity contribution < 1.29 is 26.7 Å². The number of hydrogen-bond acceptors (Lipinski definition) is 4. The second-order valence-corrected chi connectivity index (χ2v) is 7.83. The Morgan fingerprint density at radius 1 is 1.15 bits per heavy atom. The van der Waals surface area contributed by atoms with Crippen molar-refractivity contribution in [1.82, 2.24) is 4.31 Å². The molecule has 2 aromatic carbocycles. The van der Waals surface area contributed by atoms with Gasteiger partial charge >= 0.3 is 0 Å². The molecule has 0 unspecified atom stereocenters. The highest BCUT2D eigenvalue weighted by molar-refractivity contribution is 7.89. The third-order valence-electron chi connectivity index (χ3n) is 3.49. The fourth-order valence-corrected chi connectivity index (χ4v) is 3.06. The summed E-state index contributed by atoms with van der Waals surface area (Å²) in [7, 11) is -0.721. The Kier molecular flexibility index (Phi) is 5.94. The van der Waals surface area contributed by atoms with Crippen LogP contribution in [-0.2, 0) is 14.8 Å². The second kappa shape index (κ2) is 7.79. The summed E-state index contributed by atoms with van der Waals surface area (Å²) in [5, 5.41) is 2.27. The van der Waals surface area contributed by atoms with E-state index < -0.39 is 34.2 Å². The van der Waals surface area contributed by atoms with Gasteiger partial charge in [0.2, 0.25) is 10.0 Å². The molecule has 0 atom stereocenters. The molecule has 0 aliphatic carbocycles. The summed E-state index contributed by atoms with van der Waals surface area (Å²) in [4.78, 5) is 12.0. The van der Waals surface area contributed by atoms with Crippen LogP contribution in [0.3, 0.4) is 0 Å². The molecule has 6 nitrogen and oxygen atoms in total. The van der Waals surface area contributed by atoms with Crippen LogP contribution in [0.15, 0.2) is 41.3 Å². The number of carbonyl (C=O) groups is 1. The topological polar surface area (TPSA) is 75.7 Å². The number of anilines is 1. The minimum Gasteiger partial charge on any atom is -0.483 e. The summed E-state index contributed by atoms with van der Waals surface area (Å²) in [6, 6.07) is 7.03. The summed E-state index contributed by atoms with van der Waals surface area (Å²) >= 11 is 0. The van der Waals surface area contributed by atoms with E-state index in [2.05, 4.69) is 5.32 Å². The van der Waals surface area contributed by atoms with E-state index in [-0.39, 0.29) is 10.6 Å². The number of sulfonamides is 1. The summed E-state index contributed by atoms with van der Waals surface area (Å²) < 4.78 is 56.9. The molecular weight excluding hydrogens is 366 g/mol. The van der Waals surface area contributed by atoms with Crippen LogP contribution in [0.2, 0.25) is 0 Å². The van der Waals surface area contributed by atoms with Gasteiger partial charge in [-0.3, -0.25) is 4.79 Å². The zero-order valence-electron chi connectivity index (χ0n) is 14.4. The van der Waals surface area contributed by atoms with E-state index in [1.807, 2.05) is 0 Å². The van der Waals surface area contributed by atoms with E-state index in [1.54, 1.807) is 6.92 Å². The van der Waals surface area contributed by atoms with Crippen molar-refractivity contribution in [3.63, 3.8) is 0 Å². The molecule has 0 spiro atoms. The van der Waals surface area contributed by atoms with Crippen LogP contribution in [0.25, 0.3) is 0 Å². The van der Waals surface area contributed by atoms with Gasteiger partial charge in [-0.25, -0.2) is 21.5 Å². The first-order valence-electron chi connectivity index (χ1n) is 7.52. The van der Waals surface area contributed by atoms with E-state index in [0.29, 0.717) is 17.4 Å². The maximum absolute atomic E-state index is 13.5. The lowest BCUT2D eigenvalue weighted by atomic mass is 10.2. The number of amides is 1. The van der Waals surface area contributed by atoms with Gasteiger partial charge in [-0.05, 0) is 42.8 Å². The molecule has 2 aromatic rings. The van der Waals surface area contributed by atoms with Gasteiger partial charge in [-0.1, -0.05) is 0 Å². The quantitative estimate of drug-likeness (QED) is 0.831. The highest BCUT2D eigenvalue weighted by Crippen LogP contribution is 2.23. The normalized spacial score (nSPS) is 11.5. The van der Waals surface area contributed by atoms with Gasteiger partial charge < -0.3 is 10.1 Å². The van der Waals surface area contributed by atoms with Crippen molar-refractivity contribution in [1.29, 1.82) is 0 Å². The average Bonchev–Trinajstić information content (AvgIpc) is 2.56. The van der Waals surface area contributed by atoms with Gasteiger partial charge in [0.25, 0.3) is 5.91 Å². The lowest BCUT2D eigenvalue weighted by Gasteiger charge is -2.14. The predicted octanol–water partition coefficient (Wildman–Crippen LogP) is 2.54. The molecule has 26 heavy (non-hydrogen) atoms. The van der Waals surface area contributed by atoms with E-state index >= 15 is 0 Å². The number of benzene rings is 2. The first-order valence-corrected chi connectivity index (χ1v) is 8.96. The van der Waals surface area contributed by atoms with Crippen molar-refractivity contribution in [2.24, 2.45) is 0 Å². The minimum atomic E-state index is -3.57. The van der Waals surface area contributed by atoms with Crippen LogP contribution in [-0.4, -0.2) is 39.3 Å². The molecule has 140 valence electrons. The smallest absolute Gasteiger partial charge is 0.262 e. The summed E-state index contributed by atoms with van der Waals surface area (Å²) in [5.41, 5.74) is 0.359. The van der Waals surface area contributed by atoms with Gasteiger partial charge in [0.05, 0.1) is 10.6 Å². The van der Waals surface area contributed by atoms with E-state index in [1.165, 1.54) is 32.3 Å². The highest BCUT2D eigenvalue weighted by Gasteiger charge is 2.18. The van der Waals surface area contributed by atoms with Gasteiger partial charge in [0.15, 0.2) is 6.61 Å². The van der Waals surface area contributed by atoms with Crippen LogP contribution in [0.5, 0.6) is 5.75 Å². The van der Waals surface area contributed by atoms with Crippen molar-refractivity contribution in [3.05, 3.63) is 53.6 Å². The first kappa shape index (κ1) is 19.8. The standard InChI is InChI=1S/C17H18F2N2O4S/c1-11-8-13(26(23,24)21(2)3)5-7-16(11)25-10-17(22)20-15-6-4-12(18)9-14(15)19/h4-9H,10H2,1-3H3,(H,20,22). The van der Waals surface area contributed by atoms with Gasteiger partial charge in [0, 0.05) is 20.2 Å². The van der Waals surface area contributed by atoms with Crippen LogP contribution in [0, 0.1) is 18.6 Å². The van der Waals surface area contributed by atoms with Crippen molar-refractivity contribution in [2.45, 2.75) is 11.8 Å². The molecule has 9 heteroatoms. The van der Waals surface area contributed by atoms with Gasteiger partial charge in [-0.2, -0.15) is 0 Å². The number of nitrogens with one attached hydrogen (secondary N) is 1. The molecule has 0 aliphatic rings. The van der Waals surface area contributed by atoms with Crippen LogP contribution < -0.4 is 10.1 Å². The lowest BCUT2D eigenvalue weighted by molar-refractivity contribution is -0.118. The monoisotopic (exact) mass is 384 g/mol. The molecule has 0 bridgehead atoms. The SMILES string of the molecule is Cc1cc(S(=O)(=O)N(C)C)ccc1OCC(=O)Nc1ccc(F)cc1F. The number of nitrogens with zero attached hydrogens (tertiary/aromatic N) is 1. The molecule has 0 heterocycles. The number of ether oxygens (including phenoxy) is 1. The molecule has 0 saturated heterocycles. The molecule has 0 radical (unpaired) electrons. The number of carbonyl (C=O) groups excluding carboxylic acids is 1. The molecular formula is C17H18F2N2O4S. The molecule has 0 aromatic heterocycles. The van der Waals surface area contributed by atoms with Crippen LogP contribution in [0.1, 0.15) is 5.56 Å². The van der Waals surface area contributed by atoms with Crippen molar-refractivity contribution in [2.75, 3.05) is 26.0 Å². The Hall–Kier alpha value is -2.52. The Labute approximate surface area is 150 Å². The molecule has 0 aliphatic heterocycles. The summed E-state index contributed by atoms with van der Waals surface area (Å²) in [6.07, 6.45) is 0. The maximum Gasteiger partial charge on any atom is 0.262 e. The molecule has 2 rings (SSSR count). The average molecular weight is 384 g/mol. The van der Waals surface area contributed by atoms with E-state index in [0.717, 1.165) is 16.4 Å². The number of aryl methyl sites for hydroxylation is 1. The Bertz CT molecular complexity index is 930. The second-order valence-electron chi connectivity index (χ2n) is 5.68. The minimum absolute atomic E-state index is 0.102. The Morgan fingerprint density at radius 3 is 2.42 bits per heavy atom. The first-order chi connectivity index (χ1) is 12.1. The van der Waals surface area contributed by atoms with Crippen molar-refractivity contribution in [3.8, 4) is 5.75 Å². The predicted molar refractivity (Wildman–Crippen MR) is 92.5 cm³/mol. The third-order valence-corrected chi connectivity index (χ3v) is 5.30. The Balaban J connectivity index is 2.04. The summed E-state index contributed by atoms with van der Waals surface area (Å²) in [5.74, 6) is -1.97. The molecule has 0 fully saturated rings. The molecule has 1 N–H and O–H groups in total. The highest BCUT2D eigenvalue weighted by atomic mass is 32.2. The fourth-order valence-electron chi connectivity index (χ4n) is 2.08. The van der Waals surface area contributed by atoms with Gasteiger partial charge in [-0.15, -0.1) is 0 Å². The molecule has 0 saturated carbocycles. The largest absolute Gasteiger partial charge is 0.483 e. The zero-order chi connectivity index (χ0) is 19.5. The lowest BCUT2D eigenvalue weighted by Crippen LogP contribution is -2.23. The fraction of sp³-hybridized carbons (Fsp3) is 0.235. The maximum atomic E-state index is 13.5. The van der Waals surface area contributed by atoms with E-state index in [4.69, 9.17) is 4.74 Å². The number of hydrogen-bond donors (Lipinski definition) is 1.